The molecule has 0 heterocycles. The van der Waals surface area contributed by atoms with Gasteiger partial charge in [0.15, 0.2) is 5.60 Å². The van der Waals surface area contributed by atoms with Crippen molar-refractivity contribution in [1.29, 1.82) is 0 Å². The van der Waals surface area contributed by atoms with E-state index in [0.717, 1.165) is 6.26 Å². The van der Waals surface area contributed by atoms with Crippen molar-refractivity contribution in [3.8, 4) is 5.75 Å². The Hall–Kier alpha value is -1.27. The Bertz CT molecular complexity index is 554. The number of hydrogen-bond acceptors (Lipinski definition) is 4. The van der Waals surface area contributed by atoms with Gasteiger partial charge in [0.25, 0.3) is 5.91 Å². The summed E-state index contributed by atoms with van der Waals surface area (Å²) in [5.41, 5.74) is -1.33. The molecule has 100 valence electrons. The standard InChI is InChI=1S/C11H14ClNO4S/c1-11(2,10(14)13-18(3,15)16)17-9-6-4-5-8(12)7-9/h4-7H,1-3H3,(H,13,14). The van der Waals surface area contributed by atoms with Gasteiger partial charge in [-0.15, -0.1) is 0 Å². The fourth-order valence-corrected chi connectivity index (χ4v) is 1.93. The van der Waals surface area contributed by atoms with Crippen LogP contribution >= 0.6 is 11.6 Å². The maximum atomic E-state index is 11.7. The minimum Gasteiger partial charge on any atom is -0.478 e. The molecule has 1 amide bonds. The van der Waals surface area contributed by atoms with Crippen LogP contribution < -0.4 is 9.46 Å². The summed E-state index contributed by atoms with van der Waals surface area (Å²) in [6.45, 7) is 2.93. The van der Waals surface area contributed by atoms with Gasteiger partial charge >= 0.3 is 0 Å². The van der Waals surface area contributed by atoms with Crippen LogP contribution in [0.3, 0.4) is 0 Å². The molecule has 7 heteroatoms. The summed E-state index contributed by atoms with van der Waals surface area (Å²) in [4.78, 5) is 11.7. The Labute approximate surface area is 111 Å². The lowest BCUT2D eigenvalue weighted by Gasteiger charge is -2.24. The zero-order chi connectivity index (χ0) is 14.0. The van der Waals surface area contributed by atoms with Crippen LogP contribution in [0.5, 0.6) is 5.75 Å². The fraction of sp³-hybridized carbons (Fsp3) is 0.364. The number of hydrogen-bond donors (Lipinski definition) is 1. The lowest BCUT2D eigenvalue weighted by molar-refractivity contribution is -0.132. The minimum atomic E-state index is -3.61. The highest BCUT2D eigenvalue weighted by molar-refractivity contribution is 7.89. The molecule has 1 aromatic carbocycles. The number of amides is 1. The molecule has 0 aliphatic heterocycles. The summed E-state index contributed by atoms with van der Waals surface area (Å²) in [5, 5.41) is 0.465. The van der Waals surface area contributed by atoms with Gasteiger partial charge in [-0.05, 0) is 32.0 Å². The highest BCUT2D eigenvalue weighted by Crippen LogP contribution is 2.22. The van der Waals surface area contributed by atoms with Crippen molar-refractivity contribution in [1.82, 2.24) is 4.72 Å². The average Bonchev–Trinajstić information content (AvgIpc) is 2.13. The van der Waals surface area contributed by atoms with E-state index in [0.29, 0.717) is 10.8 Å². The van der Waals surface area contributed by atoms with E-state index in [1.807, 2.05) is 4.72 Å². The van der Waals surface area contributed by atoms with Crippen molar-refractivity contribution >= 4 is 27.5 Å². The summed E-state index contributed by atoms with van der Waals surface area (Å²) in [5.74, 6) is -0.360. The van der Waals surface area contributed by atoms with Crippen LogP contribution in [0.15, 0.2) is 24.3 Å². The first-order valence-corrected chi connectivity index (χ1v) is 7.34. The summed E-state index contributed by atoms with van der Waals surface area (Å²) >= 11 is 5.78. The first-order valence-electron chi connectivity index (χ1n) is 5.07. The molecule has 1 rings (SSSR count). The van der Waals surface area contributed by atoms with Gasteiger partial charge in [-0.2, -0.15) is 0 Å². The highest BCUT2D eigenvalue weighted by Gasteiger charge is 2.31. The van der Waals surface area contributed by atoms with Crippen LogP contribution in [-0.4, -0.2) is 26.2 Å². The molecule has 0 radical (unpaired) electrons. The van der Waals surface area contributed by atoms with E-state index < -0.39 is 21.5 Å². The van der Waals surface area contributed by atoms with E-state index >= 15 is 0 Å². The zero-order valence-corrected chi connectivity index (χ0v) is 11.8. The first-order chi connectivity index (χ1) is 8.10. The third kappa shape index (κ3) is 4.54. The number of halogens is 1. The molecular weight excluding hydrogens is 278 g/mol. The van der Waals surface area contributed by atoms with Crippen LogP contribution in [-0.2, 0) is 14.8 Å². The van der Waals surface area contributed by atoms with Crippen molar-refractivity contribution in [3.05, 3.63) is 29.3 Å². The molecule has 0 aliphatic rings. The van der Waals surface area contributed by atoms with Gasteiger partial charge in [0.1, 0.15) is 5.75 Å². The molecule has 0 unspecified atom stereocenters. The van der Waals surface area contributed by atoms with Gasteiger partial charge in [0.2, 0.25) is 10.0 Å². The van der Waals surface area contributed by atoms with Gasteiger partial charge in [-0.1, -0.05) is 17.7 Å². The SMILES string of the molecule is CC(C)(Oc1cccc(Cl)c1)C(=O)NS(C)(=O)=O. The van der Waals surface area contributed by atoms with Gasteiger partial charge in [0, 0.05) is 5.02 Å². The lowest BCUT2D eigenvalue weighted by atomic mass is 10.1. The van der Waals surface area contributed by atoms with Crippen LogP contribution in [0.1, 0.15) is 13.8 Å². The molecule has 0 saturated heterocycles. The summed E-state index contributed by atoms with van der Waals surface area (Å²) < 4.78 is 29.3. The van der Waals surface area contributed by atoms with Gasteiger partial charge in [-0.3, -0.25) is 4.79 Å². The van der Waals surface area contributed by atoms with Crippen molar-refractivity contribution in [2.75, 3.05) is 6.26 Å². The molecule has 1 N–H and O–H groups in total. The molecule has 5 nitrogen and oxygen atoms in total. The fourth-order valence-electron chi connectivity index (χ4n) is 1.16. The van der Waals surface area contributed by atoms with E-state index in [2.05, 4.69) is 0 Å². The van der Waals surface area contributed by atoms with Crippen molar-refractivity contribution < 1.29 is 17.9 Å². The maximum absolute atomic E-state index is 11.7. The Morgan fingerprint density at radius 1 is 1.39 bits per heavy atom. The number of rotatable bonds is 4. The van der Waals surface area contributed by atoms with Crippen LogP contribution in [0, 0.1) is 0 Å². The minimum absolute atomic E-state index is 0.385. The summed E-state index contributed by atoms with van der Waals surface area (Å²) in [6.07, 6.45) is 0.903. The van der Waals surface area contributed by atoms with Crippen LogP contribution in [0.2, 0.25) is 5.02 Å². The lowest BCUT2D eigenvalue weighted by Crippen LogP contribution is -2.48. The molecule has 0 saturated carbocycles. The number of ether oxygens (including phenoxy) is 1. The van der Waals surface area contributed by atoms with Crippen molar-refractivity contribution in [2.24, 2.45) is 0 Å². The van der Waals surface area contributed by atoms with E-state index in [4.69, 9.17) is 16.3 Å². The number of carbonyl (C=O) groups excluding carboxylic acids is 1. The van der Waals surface area contributed by atoms with Crippen LogP contribution in [0.25, 0.3) is 0 Å². The van der Waals surface area contributed by atoms with Gasteiger partial charge in [-0.25, -0.2) is 13.1 Å². The molecule has 18 heavy (non-hydrogen) atoms. The second kappa shape index (κ2) is 5.16. The largest absolute Gasteiger partial charge is 0.478 e. The van der Waals surface area contributed by atoms with E-state index in [1.54, 1.807) is 18.2 Å². The molecule has 0 spiro atoms. The van der Waals surface area contributed by atoms with Gasteiger partial charge < -0.3 is 4.74 Å². The number of nitrogens with one attached hydrogen (secondary N) is 1. The van der Waals surface area contributed by atoms with Crippen molar-refractivity contribution in [3.63, 3.8) is 0 Å². The van der Waals surface area contributed by atoms with E-state index in [1.165, 1.54) is 19.9 Å². The third-order valence-electron chi connectivity index (χ3n) is 1.99. The summed E-state index contributed by atoms with van der Waals surface area (Å²) in [6, 6.07) is 6.50. The Morgan fingerprint density at radius 3 is 2.50 bits per heavy atom. The topological polar surface area (TPSA) is 72.5 Å². The van der Waals surface area contributed by atoms with Crippen molar-refractivity contribution in [2.45, 2.75) is 19.4 Å². The molecule has 0 bridgehead atoms. The predicted octanol–water partition coefficient (Wildman–Crippen LogP) is 1.57. The molecule has 0 aromatic heterocycles. The second-order valence-electron chi connectivity index (χ2n) is 4.27. The molecule has 0 atom stereocenters. The van der Waals surface area contributed by atoms with Gasteiger partial charge in [0.05, 0.1) is 6.26 Å². The Morgan fingerprint density at radius 2 is 2.00 bits per heavy atom. The highest BCUT2D eigenvalue weighted by atomic mass is 35.5. The number of benzene rings is 1. The normalized spacial score (nSPS) is 12.0. The summed E-state index contributed by atoms with van der Waals surface area (Å²) in [7, 11) is -3.61. The number of carbonyl (C=O) groups is 1. The quantitative estimate of drug-likeness (QED) is 0.914. The third-order valence-corrected chi connectivity index (χ3v) is 2.79. The molecule has 1 aromatic rings. The zero-order valence-electron chi connectivity index (χ0n) is 10.2. The van der Waals surface area contributed by atoms with Crippen LogP contribution in [0.4, 0.5) is 0 Å². The first kappa shape index (κ1) is 14.8. The monoisotopic (exact) mass is 291 g/mol. The molecule has 0 aliphatic carbocycles. The maximum Gasteiger partial charge on any atom is 0.277 e. The predicted molar refractivity (Wildman–Crippen MR) is 69.1 cm³/mol. The average molecular weight is 292 g/mol. The number of sulfonamides is 1. The Balaban J connectivity index is 2.84. The van der Waals surface area contributed by atoms with E-state index in [-0.39, 0.29) is 0 Å². The second-order valence-corrected chi connectivity index (χ2v) is 6.46. The Kier molecular flexibility index (Phi) is 4.24. The molecule has 0 fully saturated rings. The smallest absolute Gasteiger partial charge is 0.277 e. The van der Waals surface area contributed by atoms with E-state index in [9.17, 15) is 13.2 Å². The molecular formula is C11H14ClNO4S.